The Morgan fingerprint density at radius 2 is 1.64 bits per heavy atom. The van der Waals surface area contributed by atoms with Gasteiger partial charge < -0.3 is 15.0 Å². The predicted octanol–water partition coefficient (Wildman–Crippen LogP) is 6.27. The standard InChI is InChI=1S/C29H29F6N5O4/c30-28(31,32)19-2-8-24-18(15-19)1-10-26(37-24)38-11-13-39(14-12-38)27(17-41)44-22-6-3-20(4-7-22)36-21-5-9-25(40(42)43)23(16-21)29(33,34)35/h1-2,5,8-10,15-17,20,22,27,36H,3-4,6-7,11-14H2. The van der Waals surface area contributed by atoms with Gasteiger partial charge in [0.2, 0.25) is 0 Å². The molecule has 1 aromatic heterocycles. The number of alkyl halides is 6. The van der Waals surface area contributed by atoms with Crippen molar-refractivity contribution in [2.45, 2.75) is 56.4 Å². The lowest BCUT2D eigenvalue weighted by molar-refractivity contribution is -0.388. The van der Waals surface area contributed by atoms with Crippen LogP contribution in [0.25, 0.3) is 10.9 Å². The number of piperazine rings is 1. The molecule has 2 heterocycles. The maximum absolute atomic E-state index is 13.3. The number of fused-ring (bicyclic) bond motifs is 1. The van der Waals surface area contributed by atoms with Crippen LogP contribution in [-0.2, 0) is 21.9 Å². The average Bonchev–Trinajstić information content (AvgIpc) is 2.99. The van der Waals surface area contributed by atoms with E-state index in [-0.39, 0.29) is 17.8 Å². The zero-order chi connectivity index (χ0) is 31.6. The van der Waals surface area contributed by atoms with Gasteiger partial charge in [-0.25, -0.2) is 4.98 Å². The molecule has 15 heteroatoms. The number of aromatic nitrogens is 1. The molecular formula is C29H29F6N5O4. The van der Waals surface area contributed by atoms with Gasteiger partial charge in [0.25, 0.3) is 5.69 Å². The van der Waals surface area contributed by atoms with Gasteiger partial charge in [0.1, 0.15) is 11.4 Å². The molecule has 236 valence electrons. The zero-order valence-corrected chi connectivity index (χ0v) is 23.3. The van der Waals surface area contributed by atoms with Gasteiger partial charge in [-0.05, 0) is 68.1 Å². The lowest BCUT2D eigenvalue weighted by Gasteiger charge is -2.39. The van der Waals surface area contributed by atoms with E-state index in [1.807, 2.05) is 9.80 Å². The van der Waals surface area contributed by atoms with E-state index in [2.05, 4.69) is 10.3 Å². The Hall–Kier alpha value is -3.98. The van der Waals surface area contributed by atoms with E-state index in [0.717, 1.165) is 30.6 Å². The minimum absolute atomic E-state index is 0.142. The number of carbonyl (C=O) groups is 1. The van der Waals surface area contributed by atoms with Crippen molar-refractivity contribution in [3.8, 4) is 0 Å². The number of ether oxygens (including phenoxy) is 1. The molecule has 2 aliphatic rings. The number of hydrogen-bond donors (Lipinski definition) is 1. The van der Waals surface area contributed by atoms with Crippen molar-refractivity contribution in [2.75, 3.05) is 36.4 Å². The van der Waals surface area contributed by atoms with Crippen LogP contribution in [0.2, 0.25) is 0 Å². The van der Waals surface area contributed by atoms with E-state index in [9.17, 15) is 41.3 Å². The molecule has 0 radical (unpaired) electrons. The van der Waals surface area contributed by atoms with Crippen LogP contribution >= 0.6 is 0 Å². The van der Waals surface area contributed by atoms with Gasteiger partial charge in [-0.1, -0.05) is 0 Å². The fourth-order valence-corrected chi connectivity index (χ4v) is 5.67. The monoisotopic (exact) mass is 625 g/mol. The number of anilines is 2. The second-order valence-corrected chi connectivity index (χ2v) is 10.9. The Bertz CT molecular complexity index is 1500. The third-order valence-electron chi connectivity index (χ3n) is 7.99. The first-order valence-electron chi connectivity index (χ1n) is 14.0. The van der Waals surface area contributed by atoms with Crippen molar-refractivity contribution < 1.29 is 40.8 Å². The van der Waals surface area contributed by atoms with Crippen LogP contribution in [0.3, 0.4) is 0 Å². The smallest absolute Gasteiger partial charge is 0.382 e. The van der Waals surface area contributed by atoms with E-state index in [0.29, 0.717) is 68.6 Å². The van der Waals surface area contributed by atoms with Gasteiger partial charge in [0.05, 0.1) is 22.1 Å². The summed E-state index contributed by atoms with van der Waals surface area (Å²) >= 11 is 0. The molecule has 1 saturated heterocycles. The molecule has 2 aromatic carbocycles. The molecule has 0 spiro atoms. The molecule has 0 bridgehead atoms. The lowest BCUT2D eigenvalue weighted by atomic mass is 9.92. The summed E-state index contributed by atoms with van der Waals surface area (Å²) in [7, 11) is 0. The Morgan fingerprint density at radius 3 is 2.25 bits per heavy atom. The van der Waals surface area contributed by atoms with Gasteiger partial charge in [0, 0.05) is 49.4 Å². The Balaban J connectivity index is 1.12. The number of halogens is 6. The molecule has 2 fully saturated rings. The Morgan fingerprint density at radius 1 is 0.932 bits per heavy atom. The number of benzene rings is 2. The summed E-state index contributed by atoms with van der Waals surface area (Å²) in [5.74, 6) is 0.627. The van der Waals surface area contributed by atoms with Gasteiger partial charge in [0.15, 0.2) is 12.5 Å². The predicted molar refractivity (Wildman–Crippen MR) is 149 cm³/mol. The van der Waals surface area contributed by atoms with Crippen molar-refractivity contribution in [1.29, 1.82) is 0 Å². The van der Waals surface area contributed by atoms with Crippen molar-refractivity contribution >= 4 is 34.4 Å². The van der Waals surface area contributed by atoms with Crippen LogP contribution < -0.4 is 10.2 Å². The molecule has 5 rings (SSSR count). The van der Waals surface area contributed by atoms with Crippen LogP contribution in [0.15, 0.2) is 48.5 Å². The normalized spacial score (nSPS) is 20.8. The first-order chi connectivity index (χ1) is 20.8. The van der Waals surface area contributed by atoms with E-state index in [1.54, 1.807) is 12.1 Å². The fourth-order valence-electron chi connectivity index (χ4n) is 5.67. The van der Waals surface area contributed by atoms with Gasteiger partial charge in [-0.15, -0.1) is 0 Å². The summed E-state index contributed by atoms with van der Waals surface area (Å²) in [6.07, 6.45) is -7.29. The highest BCUT2D eigenvalue weighted by atomic mass is 19.4. The number of nitro groups is 1. The highest BCUT2D eigenvalue weighted by molar-refractivity contribution is 5.81. The number of hydrogen-bond acceptors (Lipinski definition) is 8. The number of rotatable bonds is 8. The second kappa shape index (κ2) is 12.6. The quantitative estimate of drug-likeness (QED) is 0.135. The van der Waals surface area contributed by atoms with Crippen LogP contribution in [0.4, 0.5) is 43.5 Å². The molecule has 0 amide bonds. The minimum Gasteiger partial charge on any atom is -0.382 e. The summed E-state index contributed by atoms with van der Waals surface area (Å²) in [6, 6.07) is 9.41. The summed E-state index contributed by atoms with van der Waals surface area (Å²) in [4.78, 5) is 30.3. The number of nitrogens with zero attached hydrogens (tertiary/aromatic N) is 4. The third-order valence-corrected chi connectivity index (χ3v) is 7.99. The van der Waals surface area contributed by atoms with Gasteiger partial charge >= 0.3 is 12.4 Å². The molecule has 44 heavy (non-hydrogen) atoms. The number of pyridine rings is 1. The van der Waals surface area contributed by atoms with Crippen LogP contribution in [0.5, 0.6) is 0 Å². The first kappa shape index (κ1) is 31.4. The maximum atomic E-state index is 13.3. The molecule has 1 unspecified atom stereocenters. The number of aldehydes is 1. The number of nitrogens with one attached hydrogen (secondary N) is 1. The maximum Gasteiger partial charge on any atom is 0.423 e. The molecule has 9 nitrogen and oxygen atoms in total. The van der Waals surface area contributed by atoms with Crippen LogP contribution in [0.1, 0.15) is 36.8 Å². The Labute approximate surface area is 247 Å². The third kappa shape index (κ3) is 7.21. The van der Waals surface area contributed by atoms with Gasteiger partial charge in [-0.2, -0.15) is 26.3 Å². The van der Waals surface area contributed by atoms with Gasteiger partial charge in [-0.3, -0.25) is 19.8 Å². The van der Waals surface area contributed by atoms with Crippen molar-refractivity contribution in [3.05, 3.63) is 69.8 Å². The topological polar surface area (TPSA) is 101 Å². The number of carbonyl (C=O) groups excluding carboxylic acids is 1. The lowest BCUT2D eigenvalue weighted by Crippen LogP contribution is -2.53. The van der Waals surface area contributed by atoms with E-state index in [1.165, 1.54) is 12.1 Å². The molecule has 1 aliphatic heterocycles. The summed E-state index contributed by atoms with van der Waals surface area (Å²) in [6.45, 7) is 2.04. The first-order valence-corrected chi connectivity index (χ1v) is 14.0. The minimum atomic E-state index is -4.86. The Kier molecular flexibility index (Phi) is 8.97. The molecular weight excluding hydrogens is 596 g/mol. The molecule has 1 N–H and O–H groups in total. The number of nitro benzene ring substituents is 1. The van der Waals surface area contributed by atoms with Crippen molar-refractivity contribution in [2.24, 2.45) is 0 Å². The molecule has 1 saturated carbocycles. The molecule has 1 aliphatic carbocycles. The van der Waals surface area contributed by atoms with Crippen molar-refractivity contribution in [3.63, 3.8) is 0 Å². The van der Waals surface area contributed by atoms with Crippen LogP contribution in [-0.4, -0.2) is 65.6 Å². The van der Waals surface area contributed by atoms with E-state index in [4.69, 9.17) is 4.74 Å². The largest absolute Gasteiger partial charge is 0.423 e. The molecule has 1 atom stereocenters. The molecule has 3 aromatic rings. The highest BCUT2D eigenvalue weighted by Crippen LogP contribution is 2.38. The zero-order valence-electron chi connectivity index (χ0n) is 23.3. The highest BCUT2D eigenvalue weighted by Gasteiger charge is 2.39. The SMILES string of the molecule is O=CC(OC1CCC(Nc2ccc([N+](=O)[O-])c(C(F)(F)F)c2)CC1)N1CCN(c2ccc3cc(C(F)(F)F)ccc3n2)CC1. The summed E-state index contributed by atoms with van der Waals surface area (Å²) < 4.78 is 85.1. The van der Waals surface area contributed by atoms with Crippen molar-refractivity contribution in [1.82, 2.24) is 9.88 Å². The summed E-state index contributed by atoms with van der Waals surface area (Å²) in [5.41, 5.74) is -2.46. The second-order valence-electron chi connectivity index (χ2n) is 10.9. The van der Waals surface area contributed by atoms with E-state index >= 15 is 0 Å². The van der Waals surface area contributed by atoms with E-state index < -0.39 is 40.3 Å². The summed E-state index contributed by atoms with van der Waals surface area (Å²) in [5, 5.41) is 14.4. The fraction of sp³-hybridized carbons (Fsp3) is 0.448. The average molecular weight is 626 g/mol. The van der Waals surface area contributed by atoms with Crippen LogP contribution in [0, 0.1) is 10.1 Å².